The molecule has 5 rings (SSSR count). The number of para-hydroxylation sites is 3. The van der Waals surface area contributed by atoms with Crippen LogP contribution in [0.5, 0.6) is 5.75 Å². The van der Waals surface area contributed by atoms with Gasteiger partial charge < -0.3 is 15.8 Å². The number of anilines is 1. The highest BCUT2D eigenvalue weighted by atomic mass is 16.5. The Hall–Kier alpha value is -4.39. The third-order valence-electron chi connectivity index (χ3n) is 6.17. The fourth-order valence-corrected chi connectivity index (χ4v) is 4.22. The van der Waals surface area contributed by atoms with Crippen molar-refractivity contribution in [3.63, 3.8) is 0 Å². The van der Waals surface area contributed by atoms with Crippen LogP contribution in [-0.2, 0) is 6.54 Å². The number of fused-ring (bicyclic) bond motifs is 2. The van der Waals surface area contributed by atoms with E-state index in [1.807, 2.05) is 85.1 Å². The first-order valence-electron chi connectivity index (χ1n) is 11.0. The molecule has 2 aromatic heterocycles. The van der Waals surface area contributed by atoms with Crippen molar-refractivity contribution in [3.05, 3.63) is 89.0 Å². The van der Waals surface area contributed by atoms with E-state index >= 15 is 0 Å². The molecular formula is C27H25N5O2. The summed E-state index contributed by atoms with van der Waals surface area (Å²) in [4.78, 5) is 23.1. The van der Waals surface area contributed by atoms with E-state index in [9.17, 15) is 4.79 Å². The molecule has 2 heterocycles. The molecule has 1 amide bonds. The zero-order chi connectivity index (χ0) is 23.8. The van der Waals surface area contributed by atoms with Crippen LogP contribution in [0, 0.1) is 13.8 Å². The number of hydrogen-bond donors (Lipinski definition) is 2. The van der Waals surface area contributed by atoms with Gasteiger partial charge in [0.05, 0.1) is 23.8 Å². The van der Waals surface area contributed by atoms with Gasteiger partial charge in [-0.05, 0) is 49.2 Å². The first-order chi connectivity index (χ1) is 16.5. The normalized spacial score (nSPS) is 11.1. The Balaban J connectivity index is 1.68. The molecule has 0 aliphatic rings. The van der Waals surface area contributed by atoms with Gasteiger partial charge in [-0.25, -0.2) is 9.97 Å². The molecule has 0 radical (unpaired) electrons. The number of rotatable bonds is 5. The van der Waals surface area contributed by atoms with Crippen molar-refractivity contribution >= 4 is 33.9 Å². The molecule has 34 heavy (non-hydrogen) atoms. The van der Waals surface area contributed by atoms with Gasteiger partial charge in [-0.1, -0.05) is 42.5 Å². The van der Waals surface area contributed by atoms with E-state index in [2.05, 4.69) is 5.32 Å². The highest BCUT2D eigenvalue weighted by Crippen LogP contribution is 2.33. The Morgan fingerprint density at radius 2 is 1.68 bits per heavy atom. The first-order valence-corrected chi connectivity index (χ1v) is 11.0. The lowest BCUT2D eigenvalue weighted by Crippen LogP contribution is -2.24. The number of carbonyl (C=O) groups excluding carboxylic acids is 1. The molecule has 0 saturated heterocycles. The van der Waals surface area contributed by atoms with Gasteiger partial charge in [0.15, 0.2) is 5.65 Å². The lowest BCUT2D eigenvalue weighted by atomic mass is 10.1. The van der Waals surface area contributed by atoms with Crippen LogP contribution in [-0.4, -0.2) is 27.6 Å². The number of methoxy groups -OCH3 is 1. The Morgan fingerprint density at radius 1 is 0.971 bits per heavy atom. The molecule has 170 valence electrons. The minimum absolute atomic E-state index is 0.291. The molecule has 0 unspecified atom stereocenters. The number of nitrogen functional groups attached to an aromatic ring is 1. The van der Waals surface area contributed by atoms with Crippen LogP contribution in [0.3, 0.4) is 0 Å². The lowest BCUT2D eigenvalue weighted by Gasteiger charge is -2.13. The first kappa shape index (κ1) is 21.5. The van der Waals surface area contributed by atoms with Gasteiger partial charge in [-0.15, -0.1) is 0 Å². The summed E-state index contributed by atoms with van der Waals surface area (Å²) in [6.45, 7) is 4.37. The van der Waals surface area contributed by atoms with Gasteiger partial charge in [-0.3, -0.25) is 9.36 Å². The van der Waals surface area contributed by atoms with Gasteiger partial charge >= 0.3 is 0 Å². The molecule has 0 aliphatic carbocycles. The topological polar surface area (TPSA) is 95.1 Å². The summed E-state index contributed by atoms with van der Waals surface area (Å²) < 4.78 is 7.24. The predicted molar refractivity (Wildman–Crippen MR) is 134 cm³/mol. The number of aromatic nitrogens is 3. The monoisotopic (exact) mass is 451 g/mol. The molecule has 7 heteroatoms. The molecule has 5 aromatic rings. The van der Waals surface area contributed by atoms with Crippen molar-refractivity contribution in [2.45, 2.75) is 20.4 Å². The van der Waals surface area contributed by atoms with Crippen LogP contribution in [0.2, 0.25) is 0 Å². The number of benzene rings is 3. The highest BCUT2D eigenvalue weighted by Gasteiger charge is 2.25. The maximum absolute atomic E-state index is 13.5. The third-order valence-corrected chi connectivity index (χ3v) is 6.17. The molecule has 7 nitrogen and oxygen atoms in total. The number of carbonyl (C=O) groups is 1. The standard InChI is InChI=1S/C27H25N5O2/c1-16-9-8-13-21(17(16)2)32-25(28)23(24-26(32)31-20-12-6-5-11-19(20)30-24)27(33)29-15-18-10-4-7-14-22(18)34-3/h4-14H,15,28H2,1-3H3,(H,29,33). The van der Waals surface area contributed by atoms with Crippen molar-refractivity contribution in [3.8, 4) is 11.4 Å². The van der Waals surface area contributed by atoms with Crippen molar-refractivity contribution in [1.82, 2.24) is 19.9 Å². The van der Waals surface area contributed by atoms with Gasteiger partial charge in [-0.2, -0.15) is 0 Å². The summed E-state index contributed by atoms with van der Waals surface area (Å²) in [6.07, 6.45) is 0. The summed E-state index contributed by atoms with van der Waals surface area (Å²) in [5.41, 5.74) is 13.3. The number of aryl methyl sites for hydroxylation is 1. The van der Waals surface area contributed by atoms with E-state index < -0.39 is 0 Å². The van der Waals surface area contributed by atoms with E-state index in [-0.39, 0.29) is 5.91 Å². The molecule has 0 saturated carbocycles. The second-order valence-corrected chi connectivity index (χ2v) is 8.19. The Bertz CT molecular complexity index is 1550. The molecule has 0 fully saturated rings. The zero-order valence-electron chi connectivity index (χ0n) is 19.3. The molecule has 0 spiro atoms. The quantitative estimate of drug-likeness (QED) is 0.403. The maximum Gasteiger partial charge on any atom is 0.257 e. The van der Waals surface area contributed by atoms with E-state index in [0.717, 1.165) is 27.9 Å². The van der Waals surface area contributed by atoms with Gasteiger partial charge in [0.2, 0.25) is 0 Å². The maximum atomic E-state index is 13.5. The number of nitrogens with two attached hydrogens (primary N) is 1. The van der Waals surface area contributed by atoms with Crippen molar-refractivity contribution in [2.75, 3.05) is 12.8 Å². The van der Waals surface area contributed by atoms with Gasteiger partial charge in [0, 0.05) is 12.1 Å². The van der Waals surface area contributed by atoms with E-state index in [1.54, 1.807) is 7.11 Å². The fourth-order valence-electron chi connectivity index (χ4n) is 4.22. The number of amides is 1. The average molecular weight is 452 g/mol. The predicted octanol–water partition coefficient (Wildman–Crippen LogP) is 4.71. The highest BCUT2D eigenvalue weighted by molar-refractivity contribution is 6.11. The summed E-state index contributed by atoms with van der Waals surface area (Å²) in [7, 11) is 1.61. The molecule has 3 N–H and O–H groups in total. The lowest BCUT2D eigenvalue weighted by molar-refractivity contribution is 0.0953. The van der Waals surface area contributed by atoms with Crippen molar-refractivity contribution in [2.24, 2.45) is 0 Å². The summed E-state index contributed by atoms with van der Waals surface area (Å²) in [5.74, 6) is 0.693. The second-order valence-electron chi connectivity index (χ2n) is 8.19. The van der Waals surface area contributed by atoms with E-state index in [4.69, 9.17) is 20.4 Å². The minimum Gasteiger partial charge on any atom is -0.496 e. The minimum atomic E-state index is -0.318. The van der Waals surface area contributed by atoms with Gasteiger partial charge in [0.25, 0.3) is 5.91 Å². The summed E-state index contributed by atoms with van der Waals surface area (Å²) in [5, 5.41) is 2.98. The largest absolute Gasteiger partial charge is 0.496 e. The summed E-state index contributed by atoms with van der Waals surface area (Å²) >= 11 is 0. The molecule has 0 bridgehead atoms. The number of nitrogens with zero attached hydrogens (tertiary/aromatic N) is 3. The van der Waals surface area contributed by atoms with Crippen LogP contribution in [0.25, 0.3) is 27.9 Å². The number of hydrogen-bond acceptors (Lipinski definition) is 5. The SMILES string of the molecule is COc1ccccc1CNC(=O)c1c(N)n(-c2cccc(C)c2C)c2nc3ccccc3nc12. The molecule has 0 atom stereocenters. The second kappa shape index (κ2) is 8.51. The van der Waals surface area contributed by atoms with Crippen LogP contribution in [0.1, 0.15) is 27.0 Å². The average Bonchev–Trinajstić information content (AvgIpc) is 3.13. The Morgan fingerprint density at radius 3 is 2.44 bits per heavy atom. The molecule has 3 aromatic carbocycles. The van der Waals surface area contributed by atoms with Crippen molar-refractivity contribution in [1.29, 1.82) is 0 Å². The van der Waals surface area contributed by atoms with E-state index in [0.29, 0.717) is 40.4 Å². The Kier molecular flexibility index (Phi) is 5.37. The molecular weight excluding hydrogens is 426 g/mol. The fraction of sp³-hybridized carbons (Fsp3) is 0.148. The number of nitrogens with one attached hydrogen (secondary N) is 1. The Labute approximate surface area is 197 Å². The van der Waals surface area contributed by atoms with E-state index in [1.165, 1.54) is 0 Å². The van der Waals surface area contributed by atoms with Crippen LogP contribution < -0.4 is 15.8 Å². The zero-order valence-corrected chi connectivity index (χ0v) is 19.3. The smallest absolute Gasteiger partial charge is 0.257 e. The van der Waals surface area contributed by atoms with Crippen LogP contribution >= 0.6 is 0 Å². The van der Waals surface area contributed by atoms with Crippen molar-refractivity contribution < 1.29 is 9.53 Å². The third kappa shape index (κ3) is 3.51. The van der Waals surface area contributed by atoms with Crippen LogP contribution in [0.15, 0.2) is 66.7 Å². The molecule has 0 aliphatic heterocycles. The van der Waals surface area contributed by atoms with Gasteiger partial charge in [0.1, 0.15) is 22.6 Å². The number of ether oxygens (including phenoxy) is 1. The van der Waals surface area contributed by atoms with Crippen LogP contribution in [0.4, 0.5) is 5.82 Å². The summed E-state index contributed by atoms with van der Waals surface area (Å²) in [6, 6.07) is 21.2.